The molecule has 0 atom stereocenters. The van der Waals surface area contributed by atoms with Gasteiger partial charge < -0.3 is 5.32 Å². The molecule has 7 heteroatoms. The molecule has 0 fully saturated rings. The Kier molecular flexibility index (Phi) is 3.95. The standard InChI is InChI=1S/C12H6Cl2N4O/c13-10-9(11(14)17-6-16-10)18-12(19)8-3-1-2-7(4-8)5-15/h1-4,6H,(H,18,19). The van der Waals surface area contributed by atoms with Crippen LogP contribution in [0.15, 0.2) is 30.6 Å². The molecule has 2 aromatic rings. The smallest absolute Gasteiger partial charge is 0.255 e. The molecule has 1 heterocycles. The topological polar surface area (TPSA) is 78.7 Å². The van der Waals surface area contributed by atoms with Crippen molar-refractivity contribution >= 4 is 34.8 Å². The van der Waals surface area contributed by atoms with Crippen LogP contribution in [0.25, 0.3) is 0 Å². The van der Waals surface area contributed by atoms with Crippen molar-refractivity contribution in [3.63, 3.8) is 0 Å². The van der Waals surface area contributed by atoms with E-state index in [4.69, 9.17) is 28.5 Å². The number of aromatic nitrogens is 2. The third-order valence-electron chi connectivity index (χ3n) is 2.25. The second-order valence-electron chi connectivity index (χ2n) is 3.48. The summed E-state index contributed by atoms with van der Waals surface area (Å²) in [6.07, 6.45) is 1.19. The summed E-state index contributed by atoms with van der Waals surface area (Å²) in [5.41, 5.74) is 0.836. The van der Waals surface area contributed by atoms with Crippen LogP contribution in [0.5, 0.6) is 0 Å². The van der Waals surface area contributed by atoms with E-state index in [0.717, 1.165) is 0 Å². The SMILES string of the molecule is N#Cc1cccc(C(=O)Nc2c(Cl)ncnc2Cl)c1. The lowest BCUT2D eigenvalue weighted by Gasteiger charge is -2.07. The molecule has 2 rings (SSSR count). The fraction of sp³-hybridized carbons (Fsp3) is 0. The number of anilines is 1. The van der Waals surface area contributed by atoms with Crippen molar-refractivity contribution in [2.75, 3.05) is 5.32 Å². The normalized spacial score (nSPS) is 9.74. The van der Waals surface area contributed by atoms with E-state index in [1.807, 2.05) is 6.07 Å². The van der Waals surface area contributed by atoms with Gasteiger partial charge in [-0.2, -0.15) is 5.26 Å². The predicted octanol–water partition coefficient (Wildman–Crippen LogP) is 2.91. The van der Waals surface area contributed by atoms with Gasteiger partial charge in [0.05, 0.1) is 11.6 Å². The lowest BCUT2D eigenvalue weighted by molar-refractivity contribution is 0.102. The average Bonchev–Trinajstić information content (AvgIpc) is 2.43. The molecule has 1 N–H and O–H groups in total. The number of halogens is 2. The first kappa shape index (κ1) is 13.3. The van der Waals surface area contributed by atoms with E-state index in [1.165, 1.54) is 12.4 Å². The largest absolute Gasteiger partial charge is 0.317 e. The summed E-state index contributed by atoms with van der Waals surface area (Å²) in [6, 6.07) is 8.19. The summed E-state index contributed by atoms with van der Waals surface area (Å²) in [5, 5.41) is 11.4. The molecule has 0 radical (unpaired) electrons. The molecule has 5 nitrogen and oxygen atoms in total. The van der Waals surface area contributed by atoms with E-state index in [2.05, 4.69) is 15.3 Å². The highest BCUT2D eigenvalue weighted by atomic mass is 35.5. The number of hydrogen-bond acceptors (Lipinski definition) is 4. The molecule has 19 heavy (non-hydrogen) atoms. The predicted molar refractivity (Wildman–Crippen MR) is 71.2 cm³/mol. The minimum absolute atomic E-state index is 0.0461. The number of hydrogen-bond donors (Lipinski definition) is 1. The van der Waals surface area contributed by atoms with Gasteiger partial charge in [0.2, 0.25) is 0 Å². The van der Waals surface area contributed by atoms with E-state index in [1.54, 1.807) is 18.2 Å². The van der Waals surface area contributed by atoms with Crippen LogP contribution in [0.3, 0.4) is 0 Å². The number of nitrogens with zero attached hydrogens (tertiary/aromatic N) is 3. The van der Waals surface area contributed by atoms with Crippen LogP contribution in [0.1, 0.15) is 15.9 Å². The molecule has 1 aromatic heterocycles. The molecular weight excluding hydrogens is 287 g/mol. The second-order valence-corrected chi connectivity index (χ2v) is 4.19. The Morgan fingerprint density at radius 3 is 2.58 bits per heavy atom. The Labute approximate surface area is 118 Å². The van der Waals surface area contributed by atoms with Crippen LogP contribution in [0.2, 0.25) is 10.3 Å². The summed E-state index contributed by atoms with van der Waals surface area (Å²) in [5.74, 6) is -0.448. The van der Waals surface area contributed by atoms with Gasteiger partial charge in [0.25, 0.3) is 5.91 Å². The number of benzene rings is 1. The van der Waals surface area contributed by atoms with Gasteiger partial charge >= 0.3 is 0 Å². The van der Waals surface area contributed by atoms with Crippen molar-refractivity contribution in [3.05, 3.63) is 52.0 Å². The molecule has 0 spiro atoms. The third-order valence-corrected chi connectivity index (χ3v) is 2.82. The van der Waals surface area contributed by atoms with Gasteiger partial charge in [-0.1, -0.05) is 29.3 Å². The van der Waals surface area contributed by atoms with Crippen LogP contribution in [-0.2, 0) is 0 Å². The Bertz CT molecular complexity index is 661. The minimum Gasteiger partial charge on any atom is -0.317 e. The lowest BCUT2D eigenvalue weighted by Crippen LogP contribution is -2.13. The zero-order valence-corrected chi connectivity index (χ0v) is 10.9. The number of rotatable bonds is 2. The Morgan fingerprint density at radius 2 is 1.95 bits per heavy atom. The van der Waals surface area contributed by atoms with Crippen molar-refractivity contribution in [2.24, 2.45) is 0 Å². The van der Waals surface area contributed by atoms with Crippen LogP contribution < -0.4 is 5.32 Å². The van der Waals surface area contributed by atoms with Gasteiger partial charge in [0, 0.05) is 5.56 Å². The lowest BCUT2D eigenvalue weighted by atomic mass is 10.1. The zero-order valence-electron chi connectivity index (χ0n) is 9.39. The Morgan fingerprint density at radius 1 is 1.26 bits per heavy atom. The maximum Gasteiger partial charge on any atom is 0.255 e. The molecule has 1 amide bonds. The van der Waals surface area contributed by atoms with Crippen molar-refractivity contribution in [3.8, 4) is 6.07 Å². The maximum absolute atomic E-state index is 12.0. The van der Waals surface area contributed by atoms with Crippen molar-refractivity contribution in [1.82, 2.24) is 9.97 Å². The molecule has 0 unspecified atom stereocenters. The Hall–Kier alpha value is -2.16. The highest BCUT2D eigenvalue weighted by Crippen LogP contribution is 2.26. The summed E-state index contributed by atoms with van der Waals surface area (Å²) >= 11 is 11.6. The number of nitrogens with one attached hydrogen (secondary N) is 1. The van der Waals surface area contributed by atoms with Crippen LogP contribution >= 0.6 is 23.2 Å². The summed E-state index contributed by atoms with van der Waals surface area (Å²) in [6.45, 7) is 0. The van der Waals surface area contributed by atoms with Gasteiger partial charge in [0.15, 0.2) is 10.3 Å². The Balaban J connectivity index is 2.29. The highest BCUT2D eigenvalue weighted by Gasteiger charge is 2.13. The van der Waals surface area contributed by atoms with E-state index in [9.17, 15) is 4.79 Å². The van der Waals surface area contributed by atoms with E-state index in [0.29, 0.717) is 11.1 Å². The van der Waals surface area contributed by atoms with Gasteiger partial charge in [-0.15, -0.1) is 0 Å². The first-order valence-electron chi connectivity index (χ1n) is 5.09. The van der Waals surface area contributed by atoms with Crippen LogP contribution in [-0.4, -0.2) is 15.9 Å². The number of carbonyl (C=O) groups excluding carboxylic acids is 1. The van der Waals surface area contributed by atoms with Crippen molar-refractivity contribution < 1.29 is 4.79 Å². The fourth-order valence-electron chi connectivity index (χ4n) is 1.36. The molecule has 0 aliphatic rings. The molecule has 94 valence electrons. The third kappa shape index (κ3) is 2.99. The van der Waals surface area contributed by atoms with E-state index >= 15 is 0 Å². The first-order valence-corrected chi connectivity index (χ1v) is 5.85. The molecule has 0 aliphatic heterocycles. The van der Waals surface area contributed by atoms with Crippen LogP contribution in [0.4, 0.5) is 5.69 Å². The van der Waals surface area contributed by atoms with Gasteiger partial charge in [-0.25, -0.2) is 9.97 Å². The second kappa shape index (κ2) is 5.65. The molecule has 0 saturated carbocycles. The highest BCUT2D eigenvalue weighted by molar-refractivity contribution is 6.38. The van der Waals surface area contributed by atoms with Gasteiger partial charge in [-0.05, 0) is 18.2 Å². The average molecular weight is 293 g/mol. The van der Waals surface area contributed by atoms with Crippen molar-refractivity contribution in [1.29, 1.82) is 5.26 Å². The van der Waals surface area contributed by atoms with Gasteiger partial charge in [-0.3, -0.25) is 4.79 Å². The molecule has 0 bridgehead atoms. The van der Waals surface area contributed by atoms with E-state index in [-0.39, 0.29) is 16.0 Å². The maximum atomic E-state index is 12.0. The van der Waals surface area contributed by atoms with Crippen LogP contribution in [0, 0.1) is 11.3 Å². The van der Waals surface area contributed by atoms with Gasteiger partial charge in [0.1, 0.15) is 12.0 Å². The minimum atomic E-state index is -0.448. The monoisotopic (exact) mass is 292 g/mol. The number of carbonyl (C=O) groups is 1. The summed E-state index contributed by atoms with van der Waals surface area (Å²) in [7, 11) is 0. The fourth-order valence-corrected chi connectivity index (χ4v) is 1.77. The number of amides is 1. The summed E-state index contributed by atoms with van der Waals surface area (Å²) in [4.78, 5) is 19.4. The molecule has 0 saturated heterocycles. The first-order chi connectivity index (χ1) is 9.11. The zero-order chi connectivity index (χ0) is 13.8. The molecule has 1 aromatic carbocycles. The summed E-state index contributed by atoms with van der Waals surface area (Å²) < 4.78 is 0. The van der Waals surface area contributed by atoms with E-state index < -0.39 is 5.91 Å². The van der Waals surface area contributed by atoms with Crippen molar-refractivity contribution in [2.45, 2.75) is 0 Å². The molecular formula is C12H6Cl2N4O. The quantitative estimate of drug-likeness (QED) is 0.863. The molecule has 0 aliphatic carbocycles. The number of nitriles is 1.